The van der Waals surface area contributed by atoms with Crippen LogP contribution in [0.1, 0.15) is 6.42 Å². The Hall–Kier alpha value is -0.900. The number of amides is 1. The van der Waals surface area contributed by atoms with Crippen molar-refractivity contribution >= 4 is 16.4 Å². The van der Waals surface area contributed by atoms with Gasteiger partial charge >= 0.3 is 16.4 Å². The molecule has 100 valence electrons. The van der Waals surface area contributed by atoms with Crippen LogP contribution in [-0.2, 0) is 24.0 Å². The molecule has 1 aliphatic rings. The van der Waals surface area contributed by atoms with Crippen LogP contribution in [0.15, 0.2) is 0 Å². The zero-order valence-corrected chi connectivity index (χ0v) is 10.3. The van der Waals surface area contributed by atoms with Gasteiger partial charge in [0.15, 0.2) is 0 Å². The van der Waals surface area contributed by atoms with Gasteiger partial charge in [0.05, 0.1) is 19.3 Å². The molecular formula is C8H16N2O6S. The van der Waals surface area contributed by atoms with Crippen molar-refractivity contribution in [1.82, 2.24) is 4.31 Å². The maximum atomic E-state index is 11.5. The highest BCUT2D eigenvalue weighted by Crippen LogP contribution is 2.12. The topological polar surface area (TPSA) is 108 Å². The summed E-state index contributed by atoms with van der Waals surface area (Å²) in [6.07, 6.45) is -1.03. The molecule has 2 N–H and O–H groups in total. The zero-order valence-electron chi connectivity index (χ0n) is 9.50. The zero-order chi connectivity index (χ0) is 12.9. The van der Waals surface area contributed by atoms with Crippen molar-refractivity contribution in [3.63, 3.8) is 0 Å². The van der Waals surface area contributed by atoms with Crippen LogP contribution in [-0.4, -0.2) is 58.3 Å². The summed E-state index contributed by atoms with van der Waals surface area (Å²) in [5, 5.41) is 0. The van der Waals surface area contributed by atoms with Gasteiger partial charge in [0.2, 0.25) is 0 Å². The third-order valence-corrected chi connectivity index (χ3v) is 3.62. The van der Waals surface area contributed by atoms with E-state index < -0.39 is 16.4 Å². The first-order chi connectivity index (χ1) is 7.95. The number of ether oxygens (including phenoxy) is 2. The van der Waals surface area contributed by atoms with E-state index in [9.17, 15) is 13.2 Å². The van der Waals surface area contributed by atoms with Gasteiger partial charge in [-0.05, 0) is 6.42 Å². The molecule has 0 radical (unpaired) electrons. The molecule has 0 aliphatic carbocycles. The number of hydrogen-bond donors (Lipinski definition) is 1. The number of carbonyl (C=O) groups is 1. The molecule has 1 heterocycles. The summed E-state index contributed by atoms with van der Waals surface area (Å²) in [6, 6.07) is 0. The van der Waals surface area contributed by atoms with Gasteiger partial charge in [-0.2, -0.15) is 12.7 Å². The predicted octanol–water partition coefficient (Wildman–Crippen LogP) is -0.936. The summed E-state index contributed by atoms with van der Waals surface area (Å²) in [6.45, 7) is 0.930. The van der Waals surface area contributed by atoms with E-state index in [0.717, 1.165) is 4.31 Å². The SMILES string of the molecule is COC[C@H]1CCN(S(=O)(=O)OC(N)=O)CCO1. The summed E-state index contributed by atoms with van der Waals surface area (Å²) in [7, 11) is -2.57. The quantitative estimate of drug-likeness (QED) is 0.705. The Balaban J connectivity index is 2.59. The Labute approximate surface area is 99.9 Å². The Morgan fingerprint density at radius 3 is 2.82 bits per heavy atom. The van der Waals surface area contributed by atoms with E-state index in [1.54, 1.807) is 7.11 Å². The molecule has 0 saturated carbocycles. The summed E-state index contributed by atoms with van der Waals surface area (Å²) < 4.78 is 38.5. The number of rotatable bonds is 4. The predicted molar refractivity (Wildman–Crippen MR) is 57.4 cm³/mol. The second kappa shape index (κ2) is 6.15. The first kappa shape index (κ1) is 14.2. The lowest BCUT2D eigenvalue weighted by Crippen LogP contribution is -2.37. The Bertz CT molecular complexity index is 357. The molecule has 17 heavy (non-hydrogen) atoms. The third-order valence-electron chi connectivity index (χ3n) is 2.25. The van der Waals surface area contributed by atoms with Crippen LogP contribution in [0.25, 0.3) is 0 Å². The fourth-order valence-corrected chi connectivity index (χ4v) is 2.44. The summed E-state index contributed by atoms with van der Waals surface area (Å²) in [4.78, 5) is 10.5. The molecule has 0 aromatic carbocycles. The van der Waals surface area contributed by atoms with Crippen LogP contribution in [0.5, 0.6) is 0 Å². The van der Waals surface area contributed by atoms with E-state index in [4.69, 9.17) is 9.47 Å². The molecule has 9 heteroatoms. The fourth-order valence-electron chi connectivity index (χ4n) is 1.50. The Morgan fingerprint density at radius 2 is 2.24 bits per heavy atom. The first-order valence-electron chi connectivity index (χ1n) is 5.05. The molecule has 1 amide bonds. The van der Waals surface area contributed by atoms with Gasteiger partial charge in [0, 0.05) is 20.2 Å². The minimum absolute atomic E-state index is 0.121. The van der Waals surface area contributed by atoms with Gasteiger partial charge in [-0.25, -0.2) is 4.79 Å². The van der Waals surface area contributed by atoms with Crippen molar-refractivity contribution in [3.05, 3.63) is 0 Å². The average molecular weight is 268 g/mol. The maximum absolute atomic E-state index is 11.5. The monoisotopic (exact) mass is 268 g/mol. The summed E-state index contributed by atoms with van der Waals surface area (Å²) >= 11 is 0. The van der Waals surface area contributed by atoms with E-state index >= 15 is 0 Å². The van der Waals surface area contributed by atoms with E-state index in [1.807, 2.05) is 0 Å². The van der Waals surface area contributed by atoms with Crippen molar-refractivity contribution in [2.24, 2.45) is 5.73 Å². The third kappa shape index (κ3) is 4.46. The number of nitrogens with zero attached hydrogens (tertiary/aromatic N) is 1. The molecule has 1 rings (SSSR count). The van der Waals surface area contributed by atoms with Crippen molar-refractivity contribution in [3.8, 4) is 0 Å². The van der Waals surface area contributed by atoms with Crippen LogP contribution >= 0.6 is 0 Å². The van der Waals surface area contributed by atoms with E-state index in [1.165, 1.54) is 0 Å². The van der Waals surface area contributed by atoms with Gasteiger partial charge in [0.1, 0.15) is 0 Å². The number of primary amides is 1. The van der Waals surface area contributed by atoms with Gasteiger partial charge in [-0.15, -0.1) is 0 Å². The van der Waals surface area contributed by atoms with Crippen molar-refractivity contribution < 1.29 is 26.9 Å². The molecule has 0 bridgehead atoms. The lowest BCUT2D eigenvalue weighted by Gasteiger charge is -2.17. The van der Waals surface area contributed by atoms with Crippen LogP contribution in [0, 0.1) is 0 Å². The largest absolute Gasteiger partial charge is 0.421 e. The second-order valence-electron chi connectivity index (χ2n) is 3.50. The normalized spacial score (nSPS) is 23.0. The molecule has 0 unspecified atom stereocenters. The number of hydrogen-bond acceptors (Lipinski definition) is 6. The molecule has 8 nitrogen and oxygen atoms in total. The highest BCUT2D eigenvalue weighted by Gasteiger charge is 2.28. The minimum Gasteiger partial charge on any atom is -0.382 e. The molecule has 0 aromatic rings. The molecule has 1 atom stereocenters. The maximum Gasteiger partial charge on any atom is 0.421 e. The highest BCUT2D eigenvalue weighted by molar-refractivity contribution is 7.84. The van der Waals surface area contributed by atoms with Crippen LogP contribution in [0.4, 0.5) is 4.79 Å². The molecular weight excluding hydrogens is 252 g/mol. The van der Waals surface area contributed by atoms with Gasteiger partial charge in [-0.3, -0.25) is 0 Å². The molecule has 1 fully saturated rings. The fraction of sp³-hybridized carbons (Fsp3) is 0.875. The molecule has 1 saturated heterocycles. The number of nitrogens with two attached hydrogens (primary N) is 1. The lowest BCUT2D eigenvalue weighted by molar-refractivity contribution is 0.00557. The van der Waals surface area contributed by atoms with Crippen LogP contribution in [0.3, 0.4) is 0 Å². The van der Waals surface area contributed by atoms with E-state index in [2.05, 4.69) is 9.92 Å². The van der Waals surface area contributed by atoms with Crippen LogP contribution < -0.4 is 5.73 Å². The number of carbonyl (C=O) groups excluding carboxylic acids is 1. The molecule has 0 spiro atoms. The van der Waals surface area contributed by atoms with Gasteiger partial charge in [0.25, 0.3) is 0 Å². The Morgan fingerprint density at radius 1 is 1.53 bits per heavy atom. The smallest absolute Gasteiger partial charge is 0.382 e. The van der Waals surface area contributed by atoms with Crippen LogP contribution in [0.2, 0.25) is 0 Å². The van der Waals surface area contributed by atoms with Gasteiger partial charge < -0.3 is 19.4 Å². The summed E-state index contributed by atoms with van der Waals surface area (Å²) in [5.74, 6) is 0. The molecule has 0 aromatic heterocycles. The van der Waals surface area contributed by atoms with Crippen molar-refractivity contribution in [1.29, 1.82) is 0 Å². The lowest BCUT2D eigenvalue weighted by atomic mass is 10.3. The summed E-state index contributed by atoms with van der Waals surface area (Å²) in [5.41, 5.74) is 4.68. The highest BCUT2D eigenvalue weighted by atomic mass is 32.2. The first-order valence-corrected chi connectivity index (χ1v) is 6.41. The van der Waals surface area contributed by atoms with Gasteiger partial charge in [-0.1, -0.05) is 0 Å². The average Bonchev–Trinajstić information content (AvgIpc) is 2.42. The Kier molecular flexibility index (Phi) is 5.12. The van der Waals surface area contributed by atoms with Crippen molar-refractivity contribution in [2.45, 2.75) is 12.5 Å². The second-order valence-corrected chi connectivity index (χ2v) is 5.03. The van der Waals surface area contributed by atoms with E-state index in [-0.39, 0.29) is 25.8 Å². The van der Waals surface area contributed by atoms with Crippen molar-refractivity contribution in [2.75, 3.05) is 33.4 Å². The number of methoxy groups -OCH3 is 1. The molecule has 1 aliphatic heterocycles. The van der Waals surface area contributed by atoms with E-state index in [0.29, 0.717) is 13.0 Å². The minimum atomic E-state index is -4.11. The standard InChI is InChI=1S/C8H16N2O6S/c1-14-6-7-2-3-10(4-5-15-7)17(12,13)16-8(9)11/h7H,2-6H2,1H3,(H2,9,11)/t7-/m1/s1.